The van der Waals surface area contributed by atoms with Crippen molar-refractivity contribution >= 4 is 23.3 Å². The maximum Gasteiger partial charge on any atom is 0.310 e. The topological polar surface area (TPSA) is 38.3 Å². The van der Waals surface area contributed by atoms with Gasteiger partial charge in [-0.25, -0.2) is 0 Å². The van der Waals surface area contributed by atoms with Crippen LogP contribution >= 0.6 is 11.6 Å². The van der Waals surface area contributed by atoms with Crippen molar-refractivity contribution in [2.75, 3.05) is 24.3 Å². The first-order valence-electron chi connectivity index (χ1n) is 6.31. The lowest BCUT2D eigenvalue weighted by Crippen LogP contribution is -2.10. The third-order valence-corrected chi connectivity index (χ3v) is 2.80. The Morgan fingerprint density at radius 3 is 2.83 bits per heavy atom. The first kappa shape index (κ1) is 14.8. The Hall–Kier alpha value is -1.22. The molecule has 0 radical (unpaired) electrons. The second-order valence-electron chi connectivity index (χ2n) is 3.96. The summed E-state index contributed by atoms with van der Waals surface area (Å²) < 4.78 is 4.96. The smallest absolute Gasteiger partial charge is 0.310 e. The molecular formula is C14H20ClNO2. The van der Waals surface area contributed by atoms with E-state index in [0.717, 1.165) is 30.6 Å². The lowest BCUT2D eigenvalue weighted by atomic mass is 10.1. The van der Waals surface area contributed by atoms with Crippen molar-refractivity contribution in [1.29, 1.82) is 0 Å². The number of para-hydroxylation sites is 1. The van der Waals surface area contributed by atoms with Gasteiger partial charge in [-0.1, -0.05) is 18.2 Å². The lowest BCUT2D eigenvalue weighted by molar-refractivity contribution is -0.142. The summed E-state index contributed by atoms with van der Waals surface area (Å²) in [7, 11) is 0. The van der Waals surface area contributed by atoms with E-state index < -0.39 is 0 Å². The predicted octanol–water partition coefficient (Wildman–Crippen LogP) is 3.22. The number of hydrogen-bond acceptors (Lipinski definition) is 3. The minimum atomic E-state index is -0.187. The number of hydrogen-bond donors (Lipinski definition) is 1. The SMILES string of the molecule is CCOC(=O)Cc1ccccc1NCCCCCl. The Bertz CT molecular complexity index is 369. The maximum atomic E-state index is 11.5. The molecule has 1 N–H and O–H groups in total. The van der Waals surface area contributed by atoms with Gasteiger partial charge in [-0.15, -0.1) is 11.6 Å². The quantitative estimate of drug-likeness (QED) is 0.447. The Morgan fingerprint density at radius 1 is 1.33 bits per heavy atom. The molecule has 0 aliphatic carbocycles. The van der Waals surface area contributed by atoms with E-state index in [1.54, 1.807) is 0 Å². The summed E-state index contributed by atoms with van der Waals surface area (Å²) in [4.78, 5) is 11.5. The van der Waals surface area contributed by atoms with Gasteiger partial charge in [0.05, 0.1) is 13.0 Å². The number of carbonyl (C=O) groups excluding carboxylic acids is 1. The predicted molar refractivity (Wildman–Crippen MR) is 75.2 cm³/mol. The molecule has 0 amide bonds. The van der Waals surface area contributed by atoms with Crippen LogP contribution < -0.4 is 5.32 Å². The summed E-state index contributed by atoms with van der Waals surface area (Å²) in [6, 6.07) is 7.81. The first-order chi connectivity index (χ1) is 8.77. The molecule has 0 aromatic heterocycles. The van der Waals surface area contributed by atoms with E-state index in [9.17, 15) is 4.79 Å². The molecule has 0 atom stereocenters. The van der Waals surface area contributed by atoms with Gasteiger partial charge in [0.1, 0.15) is 0 Å². The van der Waals surface area contributed by atoms with Gasteiger partial charge in [0.15, 0.2) is 0 Å². The molecular weight excluding hydrogens is 250 g/mol. The molecule has 4 heteroatoms. The van der Waals surface area contributed by atoms with Gasteiger partial charge < -0.3 is 10.1 Å². The number of esters is 1. The zero-order valence-corrected chi connectivity index (χ0v) is 11.5. The molecule has 0 bridgehead atoms. The summed E-state index contributed by atoms with van der Waals surface area (Å²) in [5.74, 6) is 0.499. The average molecular weight is 270 g/mol. The van der Waals surface area contributed by atoms with Crippen molar-refractivity contribution in [2.45, 2.75) is 26.2 Å². The highest BCUT2D eigenvalue weighted by Crippen LogP contribution is 2.16. The molecule has 18 heavy (non-hydrogen) atoms. The number of unbranched alkanes of at least 4 members (excludes halogenated alkanes) is 1. The zero-order valence-electron chi connectivity index (χ0n) is 10.7. The molecule has 0 aliphatic heterocycles. The van der Waals surface area contributed by atoms with Crippen LogP contribution in [-0.2, 0) is 16.0 Å². The Morgan fingerprint density at radius 2 is 2.11 bits per heavy atom. The monoisotopic (exact) mass is 269 g/mol. The molecule has 0 fully saturated rings. The average Bonchev–Trinajstić information content (AvgIpc) is 2.37. The van der Waals surface area contributed by atoms with E-state index in [1.807, 2.05) is 31.2 Å². The van der Waals surface area contributed by atoms with E-state index in [0.29, 0.717) is 18.9 Å². The summed E-state index contributed by atoms with van der Waals surface area (Å²) in [5, 5.41) is 3.33. The number of nitrogens with one attached hydrogen (secondary N) is 1. The van der Waals surface area contributed by atoms with Crippen LogP contribution in [0.15, 0.2) is 24.3 Å². The van der Waals surface area contributed by atoms with E-state index >= 15 is 0 Å². The fraction of sp³-hybridized carbons (Fsp3) is 0.500. The normalized spacial score (nSPS) is 10.1. The maximum absolute atomic E-state index is 11.5. The van der Waals surface area contributed by atoms with Crippen LogP contribution in [0.2, 0.25) is 0 Å². The number of ether oxygens (including phenoxy) is 1. The van der Waals surface area contributed by atoms with Crippen molar-refractivity contribution < 1.29 is 9.53 Å². The Kier molecular flexibility index (Phi) is 7.26. The second-order valence-corrected chi connectivity index (χ2v) is 4.34. The van der Waals surface area contributed by atoms with E-state index in [1.165, 1.54) is 0 Å². The van der Waals surface area contributed by atoms with E-state index in [2.05, 4.69) is 5.32 Å². The highest BCUT2D eigenvalue weighted by Gasteiger charge is 2.07. The van der Waals surface area contributed by atoms with Crippen LogP contribution in [0.4, 0.5) is 5.69 Å². The van der Waals surface area contributed by atoms with Gasteiger partial charge in [-0.05, 0) is 31.4 Å². The van der Waals surface area contributed by atoms with Crippen molar-refractivity contribution in [2.24, 2.45) is 0 Å². The van der Waals surface area contributed by atoms with Crippen molar-refractivity contribution in [1.82, 2.24) is 0 Å². The third-order valence-electron chi connectivity index (χ3n) is 2.53. The molecule has 0 unspecified atom stereocenters. The molecule has 3 nitrogen and oxygen atoms in total. The first-order valence-corrected chi connectivity index (χ1v) is 6.84. The number of benzene rings is 1. The van der Waals surface area contributed by atoms with Crippen LogP contribution in [0.1, 0.15) is 25.3 Å². The molecule has 100 valence electrons. The summed E-state index contributed by atoms with van der Waals surface area (Å²) in [5.41, 5.74) is 1.97. The molecule has 0 heterocycles. The van der Waals surface area contributed by atoms with Gasteiger partial charge in [-0.2, -0.15) is 0 Å². The lowest BCUT2D eigenvalue weighted by Gasteiger charge is -2.11. The largest absolute Gasteiger partial charge is 0.466 e. The van der Waals surface area contributed by atoms with Crippen molar-refractivity contribution in [3.8, 4) is 0 Å². The third kappa shape index (κ3) is 5.41. The zero-order chi connectivity index (χ0) is 13.2. The molecule has 1 rings (SSSR count). The Labute approximate surface area is 113 Å². The molecule has 1 aromatic rings. The highest BCUT2D eigenvalue weighted by atomic mass is 35.5. The van der Waals surface area contributed by atoms with Crippen LogP contribution in [0.25, 0.3) is 0 Å². The standard InChI is InChI=1S/C14H20ClNO2/c1-2-18-14(17)11-12-7-3-4-8-13(12)16-10-6-5-9-15/h3-4,7-8,16H,2,5-6,9-11H2,1H3. The number of alkyl halides is 1. The summed E-state index contributed by atoms with van der Waals surface area (Å²) in [6.07, 6.45) is 2.33. The van der Waals surface area contributed by atoms with E-state index in [4.69, 9.17) is 16.3 Å². The molecule has 1 aromatic carbocycles. The minimum absolute atomic E-state index is 0.187. The number of anilines is 1. The van der Waals surface area contributed by atoms with Crippen molar-refractivity contribution in [3.63, 3.8) is 0 Å². The van der Waals surface area contributed by atoms with Gasteiger partial charge >= 0.3 is 5.97 Å². The fourth-order valence-electron chi connectivity index (χ4n) is 1.66. The van der Waals surface area contributed by atoms with Gasteiger partial charge in [-0.3, -0.25) is 4.79 Å². The molecule has 0 aliphatic rings. The van der Waals surface area contributed by atoms with Gasteiger partial charge in [0.2, 0.25) is 0 Å². The molecule has 0 saturated carbocycles. The molecule has 0 spiro atoms. The minimum Gasteiger partial charge on any atom is -0.466 e. The highest BCUT2D eigenvalue weighted by molar-refractivity contribution is 6.17. The molecule has 0 saturated heterocycles. The fourth-order valence-corrected chi connectivity index (χ4v) is 1.85. The van der Waals surface area contributed by atoms with Gasteiger partial charge in [0.25, 0.3) is 0 Å². The van der Waals surface area contributed by atoms with Crippen molar-refractivity contribution in [3.05, 3.63) is 29.8 Å². The number of carbonyl (C=O) groups is 1. The summed E-state index contributed by atoms with van der Waals surface area (Å²) in [6.45, 7) is 3.10. The van der Waals surface area contributed by atoms with Crippen LogP contribution in [-0.4, -0.2) is 25.0 Å². The van der Waals surface area contributed by atoms with Crippen LogP contribution in [0.5, 0.6) is 0 Å². The number of rotatable bonds is 8. The van der Waals surface area contributed by atoms with Crippen LogP contribution in [0, 0.1) is 0 Å². The number of halogens is 1. The Balaban J connectivity index is 2.53. The second kappa shape index (κ2) is 8.81. The van der Waals surface area contributed by atoms with Gasteiger partial charge in [0, 0.05) is 18.1 Å². The van der Waals surface area contributed by atoms with E-state index in [-0.39, 0.29) is 5.97 Å². The summed E-state index contributed by atoms with van der Waals surface area (Å²) >= 11 is 5.63. The van der Waals surface area contributed by atoms with Crippen LogP contribution in [0.3, 0.4) is 0 Å².